The summed E-state index contributed by atoms with van der Waals surface area (Å²) in [7, 11) is 0. The molecule has 0 fully saturated rings. The van der Waals surface area contributed by atoms with E-state index in [0.717, 1.165) is 5.65 Å². The molecule has 102 valence electrons. The maximum Gasteiger partial charge on any atom is 0.137 e. The highest BCUT2D eigenvalue weighted by atomic mass is 14.9. The number of rotatable bonds is 4. The Morgan fingerprint density at radius 1 is 1.10 bits per heavy atom. The van der Waals surface area contributed by atoms with E-state index in [2.05, 4.69) is 54.1 Å². The largest absolute Gasteiger partial charge is 0.339 e. The number of nitrogens with one attached hydrogen (secondary N) is 1. The summed E-state index contributed by atoms with van der Waals surface area (Å²) in [6.45, 7) is 4.38. The zero-order valence-corrected chi connectivity index (χ0v) is 12.1. The van der Waals surface area contributed by atoms with E-state index < -0.39 is 0 Å². The Bertz CT molecular complexity index is 708. The molecule has 0 saturated carbocycles. The second kappa shape index (κ2) is 5.49. The van der Waals surface area contributed by atoms with Gasteiger partial charge in [-0.1, -0.05) is 37.6 Å². The number of unbranched alkanes of at least 4 members (excludes halogenated alkanes) is 1. The molecule has 1 aromatic carbocycles. The number of H-pyrrole nitrogens is 1. The van der Waals surface area contributed by atoms with Crippen LogP contribution in [0, 0.1) is 6.92 Å². The Morgan fingerprint density at radius 3 is 2.60 bits per heavy atom. The van der Waals surface area contributed by atoms with Gasteiger partial charge in [0, 0.05) is 11.6 Å². The maximum atomic E-state index is 4.39. The Kier molecular flexibility index (Phi) is 3.55. The number of pyridine rings is 1. The van der Waals surface area contributed by atoms with Gasteiger partial charge in [-0.15, -0.1) is 0 Å². The summed E-state index contributed by atoms with van der Waals surface area (Å²) in [5, 5.41) is 1.21. The van der Waals surface area contributed by atoms with E-state index in [4.69, 9.17) is 0 Å². The van der Waals surface area contributed by atoms with Crippen molar-refractivity contribution >= 4 is 11.0 Å². The van der Waals surface area contributed by atoms with E-state index in [1.807, 2.05) is 12.3 Å². The summed E-state index contributed by atoms with van der Waals surface area (Å²) >= 11 is 0. The van der Waals surface area contributed by atoms with Crippen LogP contribution in [0.5, 0.6) is 0 Å². The fraction of sp³-hybridized carbons (Fsp3) is 0.278. The Labute approximate surface area is 119 Å². The highest BCUT2D eigenvalue weighted by Crippen LogP contribution is 2.28. The van der Waals surface area contributed by atoms with E-state index in [1.165, 1.54) is 47.0 Å². The smallest absolute Gasteiger partial charge is 0.137 e. The van der Waals surface area contributed by atoms with Crippen molar-refractivity contribution in [3.63, 3.8) is 0 Å². The first-order chi connectivity index (χ1) is 9.79. The Morgan fingerprint density at radius 2 is 1.90 bits per heavy atom. The van der Waals surface area contributed by atoms with Crippen molar-refractivity contribution in [3.05, 3.63) is 53.7 Å². The van der Waals surface area contributed by atoms with Gasteiger partial charge in [-0.25, -0.2) is 4.98 Å². The summed E-state index contributed by atoms with van der Waals surface area (Å²) in [5.74, 6) is 0. The fourth-order valence-corrected chi connectivity index (χ4v) is 2.66. The van der Waals surface area contributed by atoms with Gasteiger partial charge in [-0.3, -0.25) is 0 Å². The molecular weight excluding hydrogens is 244 g/mol. The van der Waals surface area contributed by atoms with Crippen LogP contribution in [0.3, 0.4) is 0 Å². The molecule has 2 aromatic heterocycles. The summed E-state index contributed by atoms with van der Waals surface area (Å²) in [6, 6.07) is 13.0. The van der Waals surface area contributed by atoms with Gasteiger partial charge in [-0.05, 0) is 48.6 Å². The van der Waals surface area contributed by atoms with Crippen LogP contribution in [0.25, 0.3) is 22.3 Å². The van der Waals surface area contributed by atoms with E-state index in [9.17, 15) is 0 Å². The quantitative estimate of drug-likeness (QED) is 0.714. The van der Waals surface area contributed by atoms with Gasteiger partial charge >= 0.3 is 0 Å². The first kappa shape index (κ1) is 12.9. The first-order valence-corrected chi connectivity index (χ1v) is 7.32. The van der Waals surface area contributed by atoms with Crippen LogP contribution < -0.4 is 0 Å². The van der Waals surface area contributed by atoms with Gasteiger partial charge in [0.2, 0.25) is 0 Å². The highest BCUT2D eigenvalue weighted by molar-refractivity contribution is 5.87. The number of hydrogen-bond donors (Lipinski definition) is 1. The zero-order valence-electron chi connectivity index (χ0n) is 12.1. The van der Waals surface area contributed by atoms with Crippen molar-refractivity contribution < 1.29 is 0 Å². The average Bonchev–Trinajstić information content (AvgIpc) is 2.83. The average molecular weight is 264 g/mol. The topological polar surface area (TPSA) is 28.7 Å². The summed E-state index contributed by atoms with van der Waals surface area (Å²) in [5.41, 5.74) is 6.08. The van der Waals surface area contributed by atoms with Gasteiger partial charge in [-0.2, -0.15) is 0 Å². The van der Waals surface area contributed by atoms with Crippen LogP contribution in [-0.2, 0) is 6.42 Å². The summed E-state index contributed by atoms with van der Waals surface area (Å²) in [6.07, 6.45) is 5.50. The molecule has 20 heavy (non-hydrogen) atoms. The third-order valence-electron chi connectivity index (χ3n) is 3.89. The van der Waals surface area contributed by atoms with Crippen molar-refractivity contribution in [2.75, 3.05) is 0 Å². The maximum absolute atomic E-state index is 4.39. The van der Waals surface area contributed by atoms with Crippen LogP contribution in [0.2, 0.25) is 0 Å². The molecule has 0 unspecified atom stereocenters. The standard InChI is InChI=1S/C18H20N2/c1-3-4-6-14-8-10-15(11-9-14)17-13(2)16-7-5-12-19-18(16)20-17/h5,7-12H,3-4,6H2,1-2H3,(H,19,20). The van der Waals surface area contributed by atoms with Gasteiger partial charge in [0.1, 0.15) is 5.65 Å². The molecule has 0 amide bonds. The molecule has 3 rings (SSSR count). The predicted octanol–water partition coefficient (Wildman–Crippen LogP) is 4.88. The second-order valence-corrected chi connectivity index (χ2v) is 5.33. The third-order valence-corrected chi connectivity index (χ3v) is 3.89. The van der Waals surface area contributed by atoms with Crippen molar-refractivity contribution in [2.45, 2.75) is 33.1 Å². The van der Waals surface area contributed by atoms with E-state index in [0.29, 0.717) is 0 Å². The number of hydrogen-bond acceptors (Lipinski definition) is 1. The van der Waals surface area contributed by atoms with Gasteiger partial charge < -0.3 is 4.98 Å². The first-order valence-electron chi connectivity index (χ1n) is 7.32. The van der Waals surface area contributed by atoms with Gasteiger partial charge in [0.15, 0.2) is 0 Å². The number of aromatic amines is 1. The monoisotopic (exact) mass is 264 g/mol. The molecule has 0 aliphatic rings. The molecule has 2 heterocycles. The molecule has 0 atom stereocenters. The molecule has 0 aliphatic heterocycles. The lowest BCUT2D eigenvalue weighted by atomic mass is 10.0. The summed E-state index contributed by atoms with van der Waals surface area (Å²) < 4.78 is 0. The molecule has 0 spiro atoms. The van der Waals surface area contributed by atoms with Crippen LogP contribution in [0.15, 0.2) is 42.6 Å². The lowest BCUT2D eigenvalue weighted by molar-refractivity contribution is 0.795. The van der Waals surface area contributed by atoms with E-state index >= 15 is 0 Å². The Balaban J connectivity index is 1.96. The molecule has 0 saturated heterocycles. The summed E-state index contributed by atoms with van der Waals surface area (Å²) in [4.78, 5) is 7.82. The minimum absolute atomic E-state index is 0.968. The SMILES string of the molecule is CCCCc1ccc(-c2[nH]c3ncccc3c2C)cc1. The van der Waals surface area contributed by atoms with E-state index in [-0.39, 0.29) is 0 Å². The van der Waals surface area contributed by atoms with Crippen molar-refractivity contribution in [1.82, 2.24) is 9.97 Å². The third kappa shape index (κ3) is 2.34. The molecule has 2 heteroatoms. The lowest BCUT2D eigenvalue weighted by Crippen LogP contribution is -1.86. The van der Waals surface area contributed by atoms with Gasteiger partial charge in [0.25, 0.3) is 0 Å². The van der Waals surface area contributed by atoms with E-state index in [1.54, 1.807) is 0 Å². The molecular formula is C18H20N2. The number of benzene rings is 1. The zero-order chi connectivity index (χ0) is 13.9. The number of aryl methyl sites for hydroxylation is 2. The predicted molar refractivity (Wildman–Crippen MR) is 84.9 cm³/mol. The van der Waals surface area contributed by atoms with Crippen molar-refractivity contribution in [2.24, 2.45) is 0 Å². The normalized spacial score (nSPS) is 11.1. The minimum Gasteiger partial charge on any atom is -0.339 e. The Hall–Kier alpha value is -2.09. The van der Waals surface area contributed by atoms with Crippen LogP contribution in [0.4, 0.5) is 0 Å². The molecule has 0 radical (unpaired) electrons. The lowest BCUT2D eigenvalue weighted by Gasteiger charge is -2.03. The minimum atomic E-state index is 0.968. The number of fused-ring (bicyclic) bond motifs is 1. The fourth-order valence-electron chi connectivity index (χ4n) is 2.66. The molecule has 0 aliphatic carbocycles. The van der Waals surface area contributed by atoms with Gasteiger partial charge in [0.05, 0.1) is 5.69 Å². The van der Waals surface area contributed by atoms with Crippen molar-refractivity contribution in [3.8, 4) is 11.3 Å². The second-order valence-electron chi connectivity index (χ2n) is 5.33. The van der Waals surface area contributed by atoms with Crippen LogP contribution >= 0.6 is 0 Å². The molecule has 2 nitrogen and oxygen atoms in total. The molecule has 0 bridgehead atoms. The number of nitrogens with zero attached hydrogens (tertiary/aromatic N) is 1. The van der Waals surface area contributed by atoms with Crippen LogP contribution in [-0.4, -0.2) is 9.97 Å². The highest BCUT2D eigenvalue weighted by Gasteiger charge is 2.09. The molecule has 1 N–H and O–H groups in total. The number of aromatic nitrogens is 2. The van der Waals surface area contributed by atoms with Crippen LogP contribution in [0.1, 0.15) is 30.9 Å². The van der Waals surface area contributed by atoms with Crippen molar-refractivity contribution in [1.29, 1.82) is 0 Å². The molecule has 3 aromatic rings.